The van der Waals surface area contributed by atoms with Gasteiger partial charge in [-0.2, -0.15) is 0 Å². The molecule has 0 aliphatic heterocycles. The molecule has 0 bridgehead atoms. The fourth-order valence-electron chi connectivity index (χ4n) is 2.35. The third-order valence-corrected chi connectivity index (χ3v) is 5.93. The van der Waals surface area contributed by atoms with Crippen LogP contribution >= 0.6 is 0 Å². The van der Waals surface area contributed by atoms with Gasteiger partial charge in [0.25, 0.3) is 0 Å². The van der Waals surface area contributed by atoms with Crippen LogP contribution in [0.2, 0.25) is 0 Å². The van der Waals surface area contributed by atoms with E-state index in [1.54, 1.807) is 6.26 Å². The average Bonchev–Trinajstić information content (AvgIpc) is 2.32. The molecule has 3 atom stereocenters. The van der Waals surface area contributed by atoms with Crippen LogP contribution in [0.3, 0.4) is 0 Å². The normalized spacial score (nSPS) is 17.8. The van der Waals surface area contributed by atoms with Crippen molar-refractivity contribution in [2.45, 2.75) is 65.7 Å². The summed E-state index contributed by atoms with van der Waals surface area (Å²) >= 11 is -0.903. The molecular weight excluding hydrogens is 334 g/mol. The van der Waals surface area contributed by atoms with Gasteiger partial charge in [0.15, 0.2) is 0 Å². The molecule has 5 nitrogen and oxygen atoms in total. The lowest BCUT2D eigenvalue weighted by atomic mass is 9.81. The van der Waals surface area contributed by atoms with E-state index < -0.39 is 21.2 Å². The molecule has 3 unspecified atom stereocenters. The molecule has 0 aromatic rings. The van der Waals surface area contributed by atoms with Gasteiger partial charge in [0.05, 0.1) is 25.2 Å². The molecule has 0 aliphatic carbocycles. The molecule has 23 heavy (non-hydrogen) atoms. The molecule has 7 heteroatoms. The fraction of sp³-hybridized carbons (Fsp3) is 1.00. The molecule has 0 fully saturated rings. The molecule has 0 amide bonds. The summed E-state index contributed by atoms with van der Waals surface area (Å²) in [5.41, 5.74) is -0.285. The van der Waals surface area contributed by atoms with E-state index in [1.807, 2.05) is 6.92 Å². The van der Waals surface area contributed by atoms with Crippen LogP contribution in [-0.4, -0.2) is 50.0 Å². The van der Waals surface area contributed by atoms with Crippen molar-refractivity contribution in [1.29, 1.82) is 0 Å². The van der Waals surface area contributed by atoms with E-state index in [0.29, 0.717) is 6.61 Å². The molecule has 0 heterocycles. The van der Waals surface area contributed by atoms with Gasteiger partial charge in [-0.25, -0.2) is 13.1 Å². The third kappa shape index (κ3) is 10.6. The van der Waals surface area contributed by atoms with Crippen LogP contribution in [0, 0.1) is 10.8 Å². The zero-order valence-corrected chi connectivity index (χ0v) is 17.6. The summed E-state index contributed by atoms with van der Waals surface area (Å²) in [5, 5.41) is 0.0870. The minimum absolute atomic E-state index is 0.00282. The Hall–Kier alpha value is 0.180. The first-order chi connectivity index (χ1) is 10.2. The minimum Gasteiger partial charge on any atom is -0.616 e. The quantitative estimate of drug-likeness (QED) is 0.600. The molecule has 140 valence electrons. The van der Waals surface area contributed by atoms with Gasteiger partial charge in [-0.1, -0.05) is 52.7 Å². The van der Waals surface area contributed by atoms with E-state index in [0.717, 1.165) is 19.1 Å². The van der Waals surface area contributed by atoms with Gasteiger partial charge in [-0.3, -0.25) is 0 Å². The Balaban J connectivity index is 5.11. The van der Waals surface area contributed by atoms with E-state index in [4.69, 9.17) is 4.74 Å². The van der Waals surface area contributed by atoms with Crippen molar-refractivity contribution in [2.75, 3.05) is 25.7 Å². The van der Waals surface area contributed by atoms with Crippen molar-refractivity contribution >= 4 is 21.2 Å². The molecular formula is C16H35NO4S2. The van der Waals surface area contributed by atoms with Crippen molar-refractivity contribution in [3.8, 4) is 0 Å². The molecule has 0 aromatic heterocycles. The highest BCUT2D eigenvalue weighted by Crippen LogP contribution is 2.33. The highest BCUT2D eigenvalue weighted by Gasteiger charge is 2.36. The maximum atomic E-state index is 11.9. The van der Waals surface area contributed by atoms with E-state index in [-0.39, 0.29) is 28.7 Å². The van der Waals surface area contributed by atoms with Crippen LogP contribution in [0.5, 0.6) is 0 Å². The molecule has 0 aromatic carbocycles. The van der Waals surface area contributed by atoms with E-state index >= 15 is 0 Å². The predicted molar refractivity (Wildman–Crippen MR) is 98.6 cm³/mol. The summed E-state index contributed by atoms with van der Waals surface area (Å²) in [5.74, 6) is 0. The van der Waals surface area contributed by atoms with Gasteiger partial charge in [0, 0.05) is 13.0 Å². The first-order valence-electron chi connectivity index (χ1n) is 8.06. The Morgan fingerprint density at radius 1 is 1.22 bits per heavy atom. The fourth-order valence-corrected chi connectivity index (χ4v) is 3.94. The lowest BCUT2D eigenvalue weighted by molar-refractivity contribution is -0.0528. The number of hydrogen-bond donors (Lipinski definition) is 1. The highest BCUT2D eigenvalue weighted by molar-refractivity contribution is 7.91. The van der Waals surface area contributed by atoms with Gasteiger partial charge in [-0.15, -0.1) is 0 Å². The summed E-state index contributed by atoms with van der Waals surface area (Å²) in [4.78, 5) is 0. The monoisotopic (exact) mass is 369 g/mol. The summed E-state index contributed by atoms with van der Waals surface area (Å²) in [6, 6.07) is 0. The largest absolute Gasteiger partial charge is 0.616 e. The number of hydrogen-bond acceptors (Lipinski definition) is 4. The molecule has 0 saturated heterocycles. The van der Waals surface area contributed by atoms with Crippen LogP contribution in [0.4, 0.5) is 0 Å². The number of nitrogens with one attached hydrogen (secondary N) is 1. The van der Waals surface area contributed by atoms with Gasteiger partial charge >= 0.3 is 0 Å². The van der Waals surface area contributed by atoms with Crippen LogP contribution in [-0.2, 0) is 25.9 Å². The van der Waals surface area contributed by atoms with Crippen LogP contribution in [0.25, 0.3) is 0 Å². The smallest absolute Gasteiger partial charge is 0.208 e. The van der Waals surface area contributed by atoms with Crippen molar-refractivity contribution in [1.82, 2.24) is 4.72 Å². The number of rotatable bonds is 10. The maximum absolute atomic E-state index is 11.9. The van der Waals surface area contributed by atoms with Crippen molar-refractivity contribution in [3.05, 3.63) is 0 Å². The summed E-state index contributed by atoms with van der Waals surface area (Å²) in [7, 11) is -3.27. The molecule has 1 N–H and O–H groups in total. The Kier molecular flexibility index (Phi) is 9.11. The summed E-state index contributed by atoms with van der Waals surface area (Å²) in [6.07, 6.45) is 4.17. The lowest BCUT2D eigenvalue weighted by Crippen LogP contribution is -2.45. The van der Waals surface area contributed by atoms with Crippen molar-refractivity contribution < 1.29 is 17.7 Å². The van der Waals surface area contributed by atoms with Crippen LogP contribution < -0.4 is 4.72 Å². The maximum Gasteiger partial charge on any atom is 0.208 e. The third-order valence-electron chi connectivity index (χ3n) is 3.80. The highest BCUT2D eigenvalue weighted by atomic mass is 32.2. The van der Waals surface area contributed by atoms with Gasteiger partial charge in [-0.05, 0) is 17.3 Å². The molecule has 0 rings (SSSR count). The number of sulfonamides is 1. The first kappa shape index (κ1) is 23.2. The summed E-state index contributed by atoms with van der Waals surface area (Å²) in [6.45, 7) is 13.2. The Morgan fingerprint density at radius 2 is 1.74 bits per heavy atom. The van der Waals surface area contributed by atoms with Crippen molar-refractivity contribution in [2.24, 2.45) is 10.8 Å². The summed E-state index contributed by atoms with van der Waals surface area (Å²) < 4.78 is 43.4. The Morgan fingerprint density at radius 3 is 2.09 bits per heavy atom. The van der Waals surface area contributed by atoms with E-state index in [1.165, 1.54) is 0 Å². The molecule has 0 radical (unpaired) electrons. The van der Waals surface area contributed by atoms with Gasteiger partial charge < -0.3 is 9.29 Å². The first-order valence-corrected chi connectivity index (χ1v) is 11.6. The molecule has 0 spiro atoms. The van der Waals surface area contributed by atoms with Crippen molar-refractivity contribution in [3.63, 3.8) is 0 Å². The predicted octanol–water partition coefficient (Wildman–Crippen LogP) is 2.54. The average molecular weight is 370 g/mol. The van der Waals surface area contributed by atoms with Gasteiger partial charge in [0.1, 0.15) is 5.25 Å². The lowest BCUT2D eigenvalue weighted by Gasteiger charge is -2.38. The molecule has 0 saturated carbocycles. The van der Waals surface area contributed by atoms with E-state index in [2.05, 4.69) is 39.3 Å². The SMILES string of the molecule is CCC(CC(C)(C)C(CNS(C)(=O)=O)OCC(C)(C)C)[S+](C)[O-]. The topological polar surface area (TPSA) is 78.5 Å². The second-order valence-electron chi connectivity index (χ2n) is 8.20. The van der Waals surface area contributed by atoms with E-state index in [9.17, 15) is 13.0 Å². The Bertz CT molecular complexity index is 441. The number of ether oxygens (including phenoxy) is 1. The second kappa shape index (κ2) is 9.04. The second-order valence-corrected chi connectivity index (χ2v) is 11.7. The van der Waals surface area contributed by atoms with Crippen LogP contribution in [0.15, 0.2) is 0 Å². The zero-order valence-electron chi connectivity index (χ0n) is 15.9. The Labute approximate surface area is 146 Å². The molecule has 0 aliphatic rings. The van der Waals surface area contributed by atoms with Gasteiger partial charge in [0.2, 0.25) is 10.0 Å². The zero-order chi connectivity index (χ0) is 18.5. The minimum atomic E-state index is -3.27. The van der Waals surface area contributed by atoms with Crippen LogP contribution in [0.1, 0.15) is 54.4 Å². The standard InChI is InChI=1S/C16H35NO4S2/c1-9-13(22(7)18)10-16(5,6)14(11-17-23(8,19)20)21-12-15(2,3)4/h13-14,17H,9-12H2,1-8H3.